The Morgan fingerprint density at radius 2 is 2.06 bits per heavy atom. The van der Waals surface area contributed by atoms with Gasteiger partial charge in [0, 0.05) is 0 Å². The number of carboxylic acids is 1. The first kappa shape index (κ1) is 13.1. The molecule has 0 bridgehead atoms. The number of aliphatic carboxylic acids is 1. The third-order valence-corrected chi connectivity index (χ3v) is 5.03. The summed E-state index contributed by atoms with van der Waals surface area (Å²) in [6.07, 6.45) is 0. The molecule has 0 fully saturated rings. The van der Waals surface area contributed by atoms with Crippen molar-refractivity contribution < 1.29 is 18.3 Å². The molecule has 0 aliphatic heterocycles. The SMILES string of the molecule is Cc1nc(C)c(S(=O)(=O)N[C@H](C)C(=O)O)s1. The van der Waals surface area contributed by atoms with E-state index in [1.807, 2.05) is 0 Å². The van der Waals surface area contributed by atoms with Crippen LogP contribution in [0, 0.1) is 13.8 Å². The average molecular weight is 264 g/mol. The Balaban J connectivity index is 3.03. The highest BCUT2D eigenvalue weighted by atomic mass is 32.2. The van der Waals surface area contributed by atoms with Crippen molar-refractivity contribution in [2.75, 3.05) is 0 Å². The van der Waals surface area contributed by atoms with Gasteiger partial charge in [-0.2, -0.15) is 4.72 Å². The van der Waals surface area contributed by atoms with Gasteiger partial charge in [-0.15, -0.1) is 11.3 Å². The van der Waals surface area contributed by atoms with E-state index in [4.69, 9.17) is 5.11 Å². The van der Waals surface area contributed by atoms with E-state index in [1.54, 1.807) is 13.8 Å². The molecule has 0 saturated heterocycles. The zero-order chi connectivity index (χ0) is 12.5. The molecule has 0 spiro atoms. The predicted octanol–water partition coefficient (Wildman–Crippen LogP) is 0.511. The molecule has 0 unspecified atom stereocenters. The number of sulfonamides is 1. The molecule has 8 heteroatoms. The second-order valence-corrected chi connectivity index (χ2v) is 6.40. The molecule has 1 aromatic heterocycles. The van der Waals surface area contributed by atoms with Gasteiger partial charge in [-0.1, -0.05) is 0 Å². The molecule has 90 valence electrons. The van der Waals surface area contributed by atoms with Crippen molar-refractivity contribution in [3.05, 3.63) is 10.7 Å². The fraction of sp³-hybridized carbons (Fsp3) is 0.500. The van der Waals surface area contributed by atoms with Crippen LogP contribution >= 0.6 is 11.3 Å². The van der Waals surface area contributed by atoms with Gasteiger partial charge in [0.15, 0.2) is 4.21 Å². The first-order valence-electron chi connectivity index (χ1n) is 4.43. The van der Waals surface area contributed by atoms with Gasteiger partial charge < -0.3 is 5.11 Å². The Hall–Kier alpha value is -0.990. The second-order valence-electron chi connectivity index (χ2n) is 3.29. The molecule has 0 radical (unpaired) electrons. The minimum atomic E-state index is -3.79. The second kappa shape index (κ2) is 4.48. The normalized spacial score (nSPS) is 13.7. The maximum Gasteiger partial charge on any atom is 0.321 e. The largest absolute Gasteiger partial charge is 0.480 e. The van der Waals surface area contributed by atoms with Crippen LogP contribution < -0.4 is 4.72 Å². The van der Waals surface area contributed by atoms with Gasteiger partial charge in [-0.25, -0.2) is 13.4 Å². The molecular formula is C8H12N2O4S2. The van der Waals surface area contributed by atoms with E-state index < -0.39 is 22.0 Å². The van der Waals surface area contributed by atoms with Crippen LogP contribution in [0.5, 0.6) is 0 Å². The Kier molecular flexibility index (Phi) is 3.66. The molecule has 0 aliphatic rings. The Morgan fingerprint density at radius 1 is 1.50 bits per heavy atom. The lowest BCUT2D eigenvalue weighted by Crippen LogP contribution is -2.38. The van der Waals surface area contributed by atoms with Gasteiger partial charge >= 0.3 is 5.97 Å². The highest BCUT2D eigenvalue weighted by molar-refractivity contribution is 7.91. The number of hydrogen-bond acceptors (Lipinski definition) is 5. The summed E-state index contributed by atoms with van der Waals surface area (Å²) in [5.41, 5.74) is 0.382. The number of nitrogens with zero attached hydrogens (tertiary/aromatic N) is 1. The average Bonchev–Trinajstić information content (AvgIpc) is 2.45. The molecule has 0 aromatic carbocycles. The number of thiazole rings is 1. The van der Waals surface area contributed by atoms with Gasteiger partial charge in [-0.05, 0) is 20.8 Å². The summed E-state index contributed by atoms with van der Waals surface area (Å²) in [5, 5.41) is 9.25. The van der Waals surface area contributed by atoms with Crippen molar-refractivity contribution in [3.63, 3.8) is 0 Å². The van der Waals surface area contributed by atoms with E-state index >= 15 is 0 Å². The number of rotatable bonds is 4. The molecule has 1 aromatic rings. The molecule has 16 heavy (non-hydrogen) atoms. The summed E-state index contributed by atoms with van der Waals surface area (Å²) in [6, 6.07) is -1.16. The number of hydrogen-bond donors (Lipinski definition) is 2. The fourth-order valence-corrected chi connectivity index (χ4v) is 3.80. The summed E-state index contributed by atoms with van der Waals surface area (Å²) in [5.74, 6) is -1.22. The third-order valence-electron chi connectivity index (χ3n) is 1.81. The van der Waals surface area contributed by atoms with Crippen molar-refractivity contribution in [1.29, 1.82) is 0 Å². The standard InChI is InChI=1S/C8H12N2O4S2/c1-4(7(11)12)10-16(13,14)8-5(2)9-6(3)15-8/h4,10H,1-3H3,(H,11,12)/t4-/m1/s1. The molecular weight excluding hydrogens is 252 g/mol. The van der Waals surface area contributed by atoms with Crippen LogP contribution in [0.25, 0.3) is 0 Å². The summed E-state index contributed by atoms with van der Waals surface area (Å²) >= 11 is 1.02. The monoisotopic (exact) mass is 264 g/mol. The lowest BCUT2D eigenvalue weighted by atomic mass is 10.4. The molecule has 0 aliphatic carbocycles. The highest BCUT2D eigenvalue weighted by Crippen LogP contribution is 2.22. The lowest BCUT2D eigenvalue weighted by molar-refractivity contribution is -0.138. The highest BCUT2D eigenvalue weighted by Gasteiger charge is 2.25. The smallest absolute Gasteiger partial charge is 0.321 e. The van der Waals surface area contributed by atoms with E-state index in [0.717, 1.165) is 11.3 Å². The molecule has 1 heterocycles. The molecule has 0 amide bonds. The first-order valence-corrected chi connectivity index (χ1v) is 6.73. The van der Waals surface area contributed by atoms with E-state index in [0.29, 0.717) is 10.7 Å². The van der Waals surface area contributed by atoms with Crippen molar-refractivity contribution in [1.82, 2.24) is 9.71 Å². The summed E-state index contributed by atoms with van der Waals surface area (Å²) in [7, 11) is -3.79. The summed E-state index contributed by atoms with van der Waals surface area (Å²) in [6.45, 7) is 4.53. The van der Waals surface area contributed by atoms with Crippen molar-refractivity contribution in [2.24, 2.45) is 0 Å². The van der Waals surface area contributed by atoms with Gasteiger partial charge in [-0.3, -0.25) is 4.79 Å². The van der Waals surface area contributed by atoms with Gasteiger partial charge in [0.05, 0.1) is 10.7 Å². The van der Waals surface area contributed by atoms with E-state index in [-0.39, 0.29) is 4.21 Å². The van der Waals surface area contributed by atoms with Crippen molar-refractivity contribution in [2.45, 2.75) is 31.0 Å². The van der Waals surface area contributed by atoms with Crippen LogP contribution in [-0.2, 0) is 14.8 Å². The number of nitrogens with one attached hydrogen (secondary N) is 1. The molecule has 1 rings (SSSR count). The Bertz CT molecular complexity index is 506. The van der Waals surface area contributed by atoms with Gasteiger partial charge in [0.1, 0.15) is 6.04 Å². The van der Waals surface area contributed by atoms with Crippen molar-refractivity contribution in [3.8, 4) is 0 Å². The zero-order valence-corrected chi connectivity index (χ0v) is 10.6. The Morgan fingerprint density at radius 3 is 2.44 bits per heavy atom. The lowest BCUT2D eigenvalue weighted by Gasteiger charge is -2.08. The summed E-state index contributed by atoms with van der Waals surface area (Å²) in [4.78, 5) is 14.5. The minimum Gasteiger partial charge on any atom is -0.480 e. The van der Waals surface area contributed by atoms with E-state index in [1.165, 1.54) is 6.92 Å². The maximum absolute atomic E-state index is 11.8. The molecule has 1 atom stereocenters. The van der Waals surface area contributed by atoms with E-state index in [2.05, 4.69) is 9.71 Å². The number of carbonyl (C=O) groups is 1. The van der Waals surface area contributed by atoms with Crippen molar-refractivity contribution >= 4 is 27.3 Å². The maximum atomic E-state index is 11.8. The molecule has 6 nitrogen and oxygen atoms in total. The van der Waals surface area contributed by atoms with Crippen LogP contribution in [0.2, 0.25) is 0 Å². The van der Waals surface area contributed by atoms with Crippen LogP contribution in [-0.4, -0.2) is 30.5 Å². The Labute approximate surface area is 97.4 Å². The van der Waals surface area contributed by atoms with Gasteiger partial charge in [0.25, 0.3) is 10.0 Å². The minimum absolute atomic E-state index is 0.0677. The number of carboxylic acid groups (broad SMARTS) is 1. The first-order chi connectivity index (χ1) is 7.24. The number of aryl methyl sites for hydroxylation is 2. The topological polar surface area (TPSA) is 96.4 Å². The zero-order valence-electron chi connectivity index (χ0n) is 9.01. The van der Waals surface area contributed by atoms with Gasteiger partial charge in [0.2, 0.25) is 0 Å². The van der Waals surface area contributed by atoms with Crippen LogP contribution in [0.4, 0.5) is 0 Å². The molecule has 0 saturated carbocycles. The van der Waals surface area contributed by atoms with Crippen LogP contribution in [0.15, 0.2) is 4.21 Å². The third kappa shape index (κ3) is 2.77. The number of aromatic nitrogens is 1. The fourth-order valence-electron chi connectivity index (χ4n) is 1.10. The molecule has 2 N–H and O–H groups in total. The van der Waals surface area contributed by atoms with Crippen LogP contribution in [0.1, 0.15) is 17.6 Å². The summed E-state index contributed by atoms with van der Waals surface area (Å²) < 4.78 is 25.7. The quantitative estimate of drug-likeness (QED) is 0.826. The van der Waals surface area contributed by atoms with E-state index in [9.17, 15) is 13.2 Å². The predicted molar refractivity (Wildman–Crippen MR) is 59.0 cm³/mol. The van der Waals surface area contributed by atoms with Crippen LogP contribution in [0.3, 0.4) is 0 Å².